The van der Waals surface area contributed by atoms with Gasteiger partial charge >= 0.3 is 5.97 Å². The molecular weight excluding hydrogens is 404 g/mol. The van der Waals surface area contributed by atoms with Crippen LogP contribution in [-0.2, 0) is 22.4 Å². The first kappa shape index (κ1) is 20.1. The lowest BCUT2D eigenvalue weighted by Crippen LogP contribution is -2.23. The zero-order chi connectivity index (χ0) is 19.6. The third kappa shape index (κ3) is 4.61. The number of hydrogen-bond acceptors (Lipinski definition) is 9. The summed E-state index contributed by atoms with van der Waals surface area (Å²) >= 11 is 4.03. The van der Waals surface area contributed by atoms with Crippen LogP contribution in [0.4, 0.5) is 10.1 Å². The zero-order valence-electron chi connectivity index (χ0n) is 15.4. The van der Waals surface area contributed by atoms with Crippen molar-refractivity contribution in [1.29, 1.82) is 0 Å². The Labute approximate surface area is 170 Å². The number of thioether (sulfide) groups is 1. The van der Waals surface area contributed by atoms with E-state index in [9.17, 15) is 9.59 Å². The summed E-state index contributed by atoms with van der Waals surface area (Å²) in [6, 6.07) is 0. The maximum atomic E-state index is 12.7. The normalized spacial score (nSPS) is 17.2. The second-order valence-electron chi connectivity index (χ2n) is 6.43. The van der Waals surface area contributed by atoms with E-state index in [-0.39, 0.29) is 11.9 Å². The summed E-state index contributed by atoms with van der Waals surface area (Å²) in [6.07, 6.45) is 2.80. The Morgan fingerprint density at radius 1 is 1.41 bits per heavy atom. The lowest BCUT2D eigenvalue weighted by atomic mass is 9.88. The number of ether oxygens (including phenoxy) is 1. The second kappa shape index (κ2) is 8.57. The molecule has 0 aromatic carbocycles. The number of fused-ring (bicyclic) bond motifs is 1. The lowest BCUT2D eigenvalue weighted by Gasteiger charge is -2.18. The van der Waals surface area contributed by atoms with Gasteiger partial charge in [0, 0.05) is 4.88 Å². The predicted octanol–water partition coefficient (Wildman–Crippen LogP) is 3.60. The predicted molar refractivity (Wildman–Crippen MR) is 110 cm³/mol. The first-order valence-corrected chi connectivity index (χ1v) is 11.3. The highest BCUT2D eigenvalue weighted by atomic mass is 32.2. The highest BCUT2D eigenvalue weighted by Gasteiger charge is 2.30. The Hall–Kier alpha value is -1.65. The molecule has 3 N–H and O–H groups in total. The molecule has 0 saturated heterocycles. The molecule has 0 unspecified atom stereocenters. The van der Waals surface area contributed by atoms with Gasteiger partial charge in [0.1, 0.15) is 5.00 Å². The minimum atomic E-state index is -0.398. The Bertz CT molecular complexity index is 849. The molecule has 2 atom stereocenters. The number of nitrogen functional groups attached to an aromatic ring is 1. The number of carbonyl (C=O) groups excluding carboxylic acids is 2. The standard InChI is InChI=1S/C17H22N4O3S3/c1-4-24-15(23)12-10-6-5-8(2)7-11(10)26-14(12)19-13(22)9(3)25-17-21-20-16(18)27-17/h8-9H,4-7H2,1-3H3,(H2,18,20)(H,19,22)/t8-,9-/m1/s1. The lowest BCUT2D eigenvalue weighted by molar-refractivity contribution is -0.115. The average molecular weight is 427 g/mol. The summed E-state index contributed by atoms with van der Waals surface area (Å²) in [5, 5.41) is 11.2. The average Bonchev–Trinajstić information content (AvgIpc) is 3.17. The third-order valence-electron chi connectivity index (χ3n) is 4.30. The van der Waals surface area contributed by atoms with Crippen LogP contribution in [0.3, 0.4) is 0 Å². The van der Waals surface area contributed by atoms with Gasteiger partial charge in [0.15, 0.2) is 4.34 Å². The summed E-state index contributed by atoms with van der Waals surface area (Å²) in [5.41, 5.74) is 7.14. The van der Waals surface area contributed by atoms with Crippen molar-refractivity contribution in [2.24, 2.45) is 5.92 Å². The smallest absolute Gasteiger partial charge is 0.341 e. The van der Waals surface area contributed by atoms with Crippen LogP contribution < -0.4 is 11.1 Å². The van der Waals surface area contributed by atoms with Crippen molar-refractivity contribution in [3.8, 4) is 0 Å². The molecule has 146 valence electrons. The number of anilines is 2. The number of amides is 1. The Morgan fingerprint density at radius 3 is 2.85 bits per heavy atom. The number of nitrogens with zero attached hydrogens (tertiary/aromatic N) is 2. The maximum Gasteiger partial charge on any atom is 0.341 e. The van der Waals surface area contributed by atoms with E-state index in [1.165, 1.54) is 39.3 Å². The molecule has 1 aliphatic rings. The molecule has 1 aliphatic carbocycles. The molecule has 0 fully saturated rings. The molecule has 2 aromatic heterocycles. The Kier molecular flexibility index (Phi) is 6.38. The van der Waals surface area contributed by atoms with E-state index in [0.717, 1.165) is 24.8 Å². The summed E-state index contributed by atoms with van der Waals surface area (Å²) in [6.45, 7) is 6.08. The van der Waals surface area contributed by atoms with Crippen molar-refractivity contribution in [2.75, 3.05) is 17.7 Å². The molecular formula is C17H22N4O3S3. The fraction of sp³-hybridized carbons (Fsp3) is 0.529. The highest BCUT2D eigenvalue weighted by Crippen LogP contribution is 2.40. The van der Waals surface area contributed by atoms with E-state index in [4.69, 9.17) is 10.5 Å². The van der Waals surface area contributed by atoms with Crippen molar-refractivity contribution in [1.82, 2.24) is 10.2 Å². The van der Waals surface area contributed by atoms with Gasteiger partial charge in [-0.05, 0) is 44.6 Å². The van der Waals surface area contributed by atoms with Gasteiger partial charge in [0.05, 0.1) is 17.4 Å². The fourth-order valence-electron chi connectivity index (χ4n) is 2.94. The summed E-state index contributed by atoms with van der Waals surface area (Å²) < 4.78 is 5.88. The number of nitrogens with one attached hydrogen (secondary N) is 1. The first-order chi connectivity index (χ1) is 12.9. The molecule has 27 heavy (non-hydrogen) atoms. The van der Waals surface area contributed by atoms with Gasteiger partial charge in [0.2, 0.25) is 11.0 Å². The van der Waals surface area contributed by atoms with E-state index in [1.807, 2.05) is 0 Å². The van der Waals surface area contributed by atoms with Crippen LogP contribution in [0.2, 0.25) is 0 Å². The molecule has 0 saturated carbocycles. The molecule has 2 aromatic rings. The van der Waals surface area contributed by atoms with Crippen molar-refractivity contribution in [3.05, 3.63) is 16.0 Å². The molecule has 1 amide bonds. The number of thiophene rings is 1. The summed E-state index contributed by atoms with van der Waals surface area (Å²) in [7, 11) is 0. The molecule has 2 heterocycles. The van der Waals surface area contributed by atoms with Crippen LogP contribution in [0, 0.1) is 5.92 Å². The van der Waals surface area contributed by atoms with Crippen molar-refractivity contribution in [3.63, 3.8) is 0 Å². The minimum Gasteiger partial charge on any atom is -0.462 e. The largest absolute Gasteiger partial charge is 0.462 e. The topological polar surface area (TPSA) is 107 Å². The first-order valence-electron chi connectivity index (χ1n) is 8.77. The molecule has 0 aliphatic heterocycles. The Balaban J connectivity index is 1.80. The quantitative estimate of drug-likeness (QED) is 0.537. The molecule has 0 spiro atoms. The molecule has 7 nitrogen and oxygen atoms in total. The van der Waals surface area contributed by atoms with E-state index in [2.05, 4.69) is 22.4 Å². The second-order valence-corrected chi connectivity index (χ2v) is 10.1. The van der Waals surface area contributed by atoms with Crippen molar-refractivity contribution in [2.45, 2.75) is 49.6 Å². The summed E-state index contributed by atoms with van der Waals surface area (Å²) in [4.78, 5) is 26.4. The van der Waals surface area contributed by atoms with Crippen LogP contribution in [0.15, 0.2) is 4.34 Å². The van der Waals surface area contributed by atoms with Gasteiger partial charge in [-0.1, -0.05) is 30.0 Å². The minimum absolute atomic E-state index is 0.189. The van der Waals surface area contributed by atoms with E-state index in [1.54, 1.807) is 13.8 Å². The highest BCUT2D eigenvalue weighted by molar-refractivity contribution is 8.02. The number of carbonyl (C=O) groups is 2. The van der Waals surface area contributed by atoms with Gasteiger partial charge in [0.25, 0.3) is 0 Å². The van der Waals surface area contributed by atoms with Crippen LogP contribution in [0.25, 0.3) is 0 Å². The molecule has 3 rings (SSSR count). The zero-order valence-corrected chi connectivity index (χ0v) is 17.9. The van der Waals surface area contributed by atoms with Gasteiger partial charge in [-0.15, -0.1) is 21.5 Å². The van der Waals surface area contributed by atoms with Crippen LogP contribution in [0.1, 0.15) is 48.0 Å². The molecule has 0 bridgehead atoms. The maximum absolute atomic E-state index is 12.7. The van der Waals surface area contributed by atoms with Gasteiger partial charge in [-0.3, -0.25) is 4.79 Å². The number of aromatic nitrogens is 2. The molecule has 10 heteroatoms. The number of nitrogens with two attached hydrogens (primary N) is 1. The van der Waals surface area contributed by atoms with Crippen LogP contribution in [0.5, 0.6) is 0 Å². The van der Waals surface area contributed by atoms with Gasteiger partial charge < -0.3 is 15.8 Å². The van der Waals surface area contributed by atoms with E-state index in [0.29, 0.717) is 32.6 Å². The SMILES string of the molecule is CCOC(=O)c1c(NC(=O)[C@@H](C)Sc2nnc(N)s2)sc2c1CC[C@@H](C)C2. The fourth-order valence-corrected chi connectivity index (χ4v) is 6.13. The van der Waals surface area contributed by atoms with Crippen molar-refractivity contribution >= 4 is 56.4 Å². The third-order valence-corrected chi connectivity index (χ3v) is 7.40. The Morgan fingerprint density at radius 2 is 2.19 bits per heavy atom. The van der Waals surface area contributed by atoms with E-state index >= 15 is 0 Å². The number of esters is 1. The number of hydrogen-bond donors (Lipinski definition) is 2. The van der Waals surface area contributed by atoms with Crippen LogP contribution in [-0.4, -0.2) is 33.9 Å². The summed E-state index contributed by atoms with van der Waals surface area (Å²) in [5.74, 6) is 0.0232. The van der Waals surface area contributed by atoms with Gasteiger partial charge in [-0.2, -0.15) is 0 Å². The van der Waals surface area contributed by atoms with E-state index < -0.39 is 5.25 Å². The van der Waals surface area contributed by atoms with Crippen molar-refractivity contribution < 1.29 is 14.3 Å². The monoisotopic (exact) mass is 426 g/mol. The van der Waals surface area contributed by atoms with Crippen LogP contribution >= 0.6 is 34.4 Å². The molecule has 0 radical (unpaired) electrons. The number of rotatable bonds is 6. The van der Waals surface area contributed by atoms with Gasteiger partial charge in [-0.25, -0.2) is 4.79 Å².